The van der Waals surface area contributed by atoms with Crippen LogP contribution in [-0.2, 0) is 0 Å². The van der Waals surface area contributed by atoms with Crippen LogP contribution in [0.4, 0.5) is 0 Å². The monoisotopic (exact) mass is 244 g/mol. The van der Waals surface area contributed by atoms with Crippen molar-refractivity contribution in [1.29, 1.82) is 0 Å². The third-order valence-electron chi connectivity index (χ3n) is 1.55. The summed E-state index contributed by atoms with van der Waals surface area (Å²) in [5.74, 6) is 0.580. The summed E-state index contributed by atoms with van der Waals surface area (Å²) >= 11 is 3.29. The third-order valence-corrected chi connectivity index (χ3v) is 2.18. The predicted molar refractivity (Wildman–Crippen MR) is 53.2 cm³/mol. The molecule has 0 saturated heterocycles. The van der Waals surface area contributed by atoms with Crippen LogP contribution in [0.3, 0.4) is 0 Å². The molecule has 0 aliphatic rings. The molecular formula is C8H9BrN2O2. The number of nitrogens with two attached hydrogens (primary N) is 1. The van der Waals surface area contributed by atoms with E-state index < -0.39 is 0 Å². The van der Waals surface area contributed by atoms with E-state index in [0.29, 0.717) is 11.3 Å². The number of oxime groups is 1. The average Bonchev–Trinajstić information content (AvgIpc) is 2.16. The summed E-state index contributed by atoms with van der Waals surface area (Å²) in [7, 11) is 1.52. The Morgan fingerprint density at radius 3 is 2.85 bits per heavy atom. The maximum Gasteiger partial charge on any atom is 0.173 e. The van der Waals surface area contributed by atoms with Gasteiger partial charge in [0.1, 0.15) is 5.75 Å². The standard InChI is InChI=1S/C8H9BrN2O2/c1-13-7-5(8(10)11-12)3-2-4-6(7)9/h2-4,12H,1H3,(H2,10,11). The van der Waals surface area contributed by atoms with Gasteiger partial charge in [-0.3, -0.25) is 0 Å². The van der Waals surface area contributed by atoms with Crippen LogP contribution in [0.1, 0.15) is 5.56 Å². The molecule has 13 heavy (non-hydrogen) atoms. The Kier molecular flexibility index (Phi) is 3.13. The highest BCUT2D eigenvalue weighted by molar-refractivity contribution is 9.10. The zero-order valence-electron chi connectivity index (χ0n) is 6.99. The van der Waals surface area contributed by atoms with Gasteiger partial charge in [-0.1, -0.05) is 11.2 Å². The van der Waals surface area contributed by atoms with E-state index in [1.165, 1.54) is 7.11 Å². The number of hydrogen-bond acceptors (Lipinski definition) is 3. The van der Waals surface area contributed by atoms with Crippen molar-refractivity contribution >= 4 is 21.8 Å². The van der Waals surface area contributed by atoms with Crippen molar-refractivity contribution in [2.45, 2.75) is 0 Å². The summed E-state index contributed by atoms with van der Waals surface area (Å²) in [6.07, 6.45) is 0. The second-order valence-corrected chi connectivity index (χ2v) is 3.16. The minimum Gasteiger partial charge on any atom is -0.495 e. The summed E-state index contributed by atoms with van der Waals surface area (Å²) in [6, 6.07) is 5.30. The van der Waals surface area contributed by atoms with Crippen LogP contribution in [0.15, 0.2) is 27.8 Å². The topological polar surface area (TPSA) is 67.8 Å². The zero-order chi connectivity index (χ0) is 9.84. The maximum atomic E-state index is 8.49. The quantitative estimate of drug-likeness (QED) is 0.359. The average molecular weight is 245 g/mol. The summed E-state index contributed by atoms with van der Waals surface area (Å²) < 4.78 is 5.84. The molecule has 0 radical (unpaired) electrons. The zero-order valence-corrected chi connectivity index (χ0v) is 8.58. The third kappa shape index (κ3) is 1.92. The van der Waals surface area contributed by atoms with Crippen LogP contribution in [0.25, 0.3) is 0 Å². The van der Waals surface area contributed by atoms with Crippen molar-refractivity contribution in [3.8, 4) is 5.75 Å². The maximum absolute atomic E-state index is 8.49. The smallest absolute Gasteiger partial charge is 0.173 e. The van der Waals surface area contributed by atoms with Gasteiger partial charge in [-0.25, -0.2) is 0 Å². The van der Waals surface area contributed by atoms with Gasteiger partial charge in [-0.05, 0) is 28.1 Å². The summed E-state index contributed by atoms with van der Waals surface area (Å²) in [4.78, 5) is 0. The number of amidine groups is 1. The highest BCUT2D eigenvalue weighted by Crippen LogP contribution is 2.28. The molecule has 0 unspecified atom stereocenters. The number of hydrogen-bond donors (Lipinski definition) is 2. The normalized spacial score (nSPS) is 11.4. The molecule has 0 aromatic heterocycles. The number of para-hydroxylation sites is 1. The predicted octanol–water partition coefficient (Wildman–Crippen LogP) is 1.55. The van der Waals surface area contributed by atoms with E-state index in [4.69, 9.17) is 15.7 Å². The lowest BCUT2D eigenvalue weighted by Crippen LogP contribution is -2.14. The van der Waals surface area contributed by atoms with Crippen molar-refractivity contribution in [3.63, 3.8) is 0 Å². The number of methoxy groups -OCH3 is 1. The molecule has 3 N–H and O–H groups in total. The van der Waals surface area contributed by atoms with Crippen molar-refractivity contribution in [1.82, 2.24) is 0 Å². The van der Waals surface area contributed by atoms with Crippen LogP contribution in [0.5, 0.6) is 5.75 Å². The second kappa shape index (κ2) is 4.13. The molecule has 0 saturated carbocycles. The van der Waals surface area contributed by atoms with Gasteiger partial charge >= 0.3 is 0 Å². The first kappa shape index (κ1) is 9.85. The van der Waals surface area contributed by atoms with E-state index in [2.05, 4.69) is 21.1 Å². The van der Waals surface area contributed by atoms with Crippen molar-refractivity contribution < 1.29 is 9.94 Å². The second-order valence-electron chi connectivity index (χ2n) is 2.31. The molecule has 5 heteroatoms. The van der Waals surface area contributed by atoms with Crippen molar-refractivity contribution in [3.05, 3.63) is 28.2 Å². The van der Waals surface area contributed by atoms with Gasteiger partial charge in [0, 0.05) is 0 Å². The largest absolute Gasteiger partial charge is 0.495 e. The van der Waals surface area contributed by atoms with Crippen LogP contribution in [0, 0.1) is 0 Å². The van der Waals surface area contributed by atoms with Gasteiger partial charge in [0.05, 0.1) is 17.1 Å². The van der Waals surface area contributed by atoms with Crippen LogP contribution in [0.2, 0.25) is 0 Å². The molecule has 1 aromatic rings. The number of benzene rings is 1. The molecule has 70 valence electrons. The van der Waals surface area contributed by atoms with E-state index in [9.17, 15) is 0 Å². The lowest BCUT2D eigenvalue weighted by atomic mass is 10.2. The van der Waals surface area contributed by atoms with Crippen LogP contribution < -0.4 is 10.5 Å². The van der Waals surface area contributed by atoms with Gasteiger partial charge < -0.3 is 15.7 Å². The molecule has 0 amide bonds. The molecule has 4 nitrogen and oxygen atoms in total. The molecule has 1 rings (SSSR count). The Morgan fingerprint density at radius 1 is 1.62 bits per heavy atom. The number of ether oxygens (including phenoxy) is 1. The minimum atomic E-state index is 0.0261. The SMILES string of the molecule is COc1c(Br)cccc1/C(N)=N\O. The molecule has 0 aliphatic carbocycles. The van der Waals surface area contributed by atoms with Gasteiger partial charge in [-0.15, -0.1) is 0 Å². The van der Waals surface area contributed by atoms with Crippen molar-refractivity contribution in [2.24, 2.45) is 10.9 Å². The highest BCUT2D eigenvalue weighted by Gasteiger charge is 2.09. The van der Waals surface area contributed by atoms with Gasteiger partial charge in [0.15, 0.2) is 5.84 Å². The van der Waals surface area contributed by atoms with Gasteiger partial charge in [0.25, 0.3) is 0 Å². The Bertz CT molecular complexity index is 339. The fourth-order valence-electron chi connectivity index (χ4n) is 0.972. The Morgan fingerprint density at radius 2 is 2.31 bits per heavy atom. The van der Waals surface area contributed by atoms with E-state index >= 15 is 0 Å². The molecule has 0 fully saturated rings. The van der Waals surface area contributed by atoms with E-state index in [1.807, 2.05) is 6.07 Å². The van der Waals surface area contributed by atoms with Gasteiger partial charge in [-0.2, -0.15) is 0 Å². The summed E-state index contributed by atoms with van der Waals surface area (Å²) in [5.41, 5.74) is 5.99. The molecule has 0 heterocycles. The fourth-order valence-corrected chi connectivity index (χ4v) is 1.50. The fraction of sp³-hybridized carbons (Fsp3) is 0.125. The Hall–Kier alpha value is -1.23. The lowest BCUT2D eigenvalue weighted by molar-refractivity contribution is 0.318. The van der Waals surface area contributed by atoms with Crippen LogP contribution in [-0.4, -0.2) is 18.2 Å². The molecule has 0 bridgehead atoms. The first-order chi connectivity index (χ1) is 6.20. The number of nitrogens with zero attached hydrogens (tertiary/aromatic N) is 1. The molecule has 0 atom stereocenters. The minimum absolute atomic E-state index is 0.0261. The summed E-state index contributed by atoms with van der Waals surface area (Å²) in [6.45, 7) is 0. The first-order valence-electron chi connectivity index (χ1n) is 3.51. The molecule has 1 aromatic carbocycles. The van der Waals surface area contributed by atoms with Crippen LogP contribution >= 0.6 is 15.9 Å². The number of halogens is 1. The highest BCUT2D eigenvalue weighted by atomic mass is 79.9. The Labute approximate surface area is 84.1 Å². The molecular weight excluding hydrogens is 236 g/mol. The molecule has 0 spiro atoms. The van der Waals surface area contributed by atoms with E-state index in [0.717, 1.165) is 4.47 Å². The lowest BCUT2D eigenvalue weighted by Gasteiger charge is -2.08. The molecule has 0 aliphatic heterocycles. The van der Waals surface area contributed by atoms with Crippen molar-refractivity contribution in [2.75, 3.05) is 7.11 Å². The van der Waals surface area contributed by atoms with E-state index in [-0.39, 0.29) is 5.84 Å². The summed E-state index contributed by atoms with van der Waals surface area (Å²) in [5, 5.41) is 11.4. The Balaban J connectivity index is 3.28. The van der Waals surface area contributed by atoms with E-state index in [1.54, 1.807) is 12.1 Å². The van der Waals surface area contributed by atoms with Gasteiger partial charge in [0.2, 0.25) is 0 Å². The number of rotatable bonds is 2. The first-order valence-corrected chi connectivity index (χ1v) is 4.30.